The summed E-state index contributed by atoms with van der Waals surface area (Å²) in [6, 6.07) is 22.1. The summed E-state index contributed by atoms with van der Waals surface area (Å²) in [6.45, 7) is 14.3. The lowest BCUT2D eigenvalue weighted by atomic mass is 9.99. The topological polar surface area (TPSA) is 4.93 Å². The van der Waals surface area contributed by atoms with Crippen LogP contribution in [0.5, 0.6) is 0 Å². The Labute approximate surface area is 166 Å². The smallest absolute Gasteiger partial charge is 0.0649 e. The number of rotatable bonds is 6. The molecular formula is C25H34NP. The van der Waals surface area contributed by atoms with E-state index < -0.39 is 0 Å². The molecule has 0 fully saturated rings. The maximum Gasteiger partial charge on any atom is 0.0649 e. The van der Waals surface area contributed by atoms with E-state index >= 15 is 0 Å². The lowest BCUT2D eigenvalue weighted by Crippen LogP contribution is -2.32. The molecule has 2 heteroatoms. The number of benzene rings is 2. The van der Waals surface area contributed by atoms with Crippen LogP contribution in [0.15, 0.2) is 60.7 Å². The van der Waals surface area contributed by atoms with E-state index in [-0.39, 0.29) is 13.2 Å². The van der Waals surface area contributed by atoms with Crippen LogP contribution in [0.1, 0.15) is 60.8 Å². The van der Waals surface area contributed by atoms with Gasteiger partial charge in [0, 0.05) is 16.0 Å². The van der Waals surface area contributed by atoms with Crippen molar-refractivity contribution in [3.8, 4) is 22.1 Å². The van der Waals surface area contributed by atoms with Crippen LogP contribution in [-0.4, -0.2) is 4.33 Å². The second kappa shape index (κ2) is 7.72. The fourth-order valence-corrected chi connectivity index (χ4v) is 8.04. The van der Waals surface area contributed by atoms with Gasteiger partial charge in [0.25, 0.3) is 0 Å². The summed E-state index contributed by atoms with van der Waals surface area (Å²) in [4.78, 5) is 0. The van der Waals surface area contributed by atoms with E-state index in [0.717, 1.165) is 0 Å². The molecule has 1 unspecified atom stereocenters. The lowest BCUT2D eigenvalue weighted by molar-refractivity contribution is 0.403. The molecule has 2 aromatic carbocycles. The van der Waals surface area contributed by atoms with E-state index in [1.807, 2.05) is 0 Å². The van der Waals surface area contributed by atoms with E-state index in [9.17, 15) is 0 Å². The molecule has 1 atom stereocenters. The van der Waals surface area contributed by atoms with Gasteiger partial charge in [-0.25, -0.2) is 0 Å². The first kappa shape index (κ1) is 20.0. The molecule has 0 N–H and O–H groups in total. The molecule has 1 heterocycles. The minimum atomic E-state index is -0.387. The average molecular weight is 380 g/mol. The summed E-state index contributed by atoms with van der Waals surface area (Å²) < 4.78 is 2.77. The van der Waals surface area contributed by atoms with Crippen molar-refractivity contribution >= 4 is 7.69 Å². The van der Waals surface area contributed by atoms with Crippen LogP contribution in [0.25, 0.3) is 22.1 Å². The first-order valence-corrected chi connectivity index (χ1v) is 11.6. The molecule has 0 radical (unpaired) electrons. The summed E-state index contributed by atoms with van der Waals surface area (Å²) in [5, 5.41) is 1.96. The predicted molar refractivity (Wildman–Crippen MR) is 122 cm³/mol. The van der Waals surface area contributed by atoms with E-state index in [0.29, 0.717) is 5.16 Å². The second-order valence-corrected chi connectivity index (χ2v) is 10.9. The van der Waals surface area contributed by atoms with Gasteiger partial charge in [-0.3, -0.25) is 0 Å². The Morgan fingerprint density at radius 1 is 0.704 bits per heavy atom. The highest BCUT2D eigenvalue weighted by atomic mass is 31.1. The fraction of sp³-hybridized carbons (Fsp3) is 0.440. The molecule has 0 bridgehead atoms. The van der Waals surface area contributed by atoms with Gasteiger partial charge in [0.2, 0.25) is 0 Å². The molecule has 0 amide bonds. The van der Waals surface area contributed by atoms with Crippen LogP contribution in [-0.2, 0) is 10.7 Å². The Balaban J connectivity index is 2.39. The standard InChI is InChI=1S/C25H34NP/c1-7-25(8-2,9-3)27-23(21-18-14-11-15-19-21)22(26(27)24(4,5)6)20-16-12-10-13-17-20/h10-19H,7-9H2,1-6H3. The number of hydrogen-bond acceptors (Lipinski definition) is 0. The summed E-state index contributed by atoms with van der Waals surface area (Å²) in [5.41, 5.74) is 4.31. The van der Waals surface area contributed by atoms with Crippen LogP contribution >= 0.6 is 7.69 Å². The van der Waals surface area contributed by atoms with Crippen LogP contribution < -0.4 is 0 Å². The monoisotopic (exact) mass is 379 g/mol. The Morgan fingerprint density at radius 2 is 1.15 bits per heavy atom. The Morgan fingerprint density at radius 3 is 1.56 bits per heavy atom. The van der Waals surface area contributed by atoms with Crippen molar-refractivity contribution in [1.29, 1.82) is 0 Å². The number of hydrogen-bond donors (Lipinski definition) is 0. The van der Waals surface area contributed by atoms with Crippen LogP contribution in [0.2, 0.25) is 0 Å². The predicted octanol–water partition coefficient (Wildman–Crippen LogP) is 8.49. The average Bonchev–Trinajstić information content (AvgIpc) is 2.65. The maximum atomic E-state index is 2.77. The van der Waals surface area contributed by atoms with Gasteiger partial charge in [-0.1, -0.05) is 81.4 Å². The van der Waals surface area contributed by atoms with Gasteiger partial charge in [0.15, 0.2) is 0 Å². The van der Waals surface area contributed by atoms with Gasteiger partial charge in [0.1, 0.15) is 0 Å². The molecular weight excluding hydrogens is 345 g/mol. The summed E-state index contributed by atoms with van der Waals surface area (Å²) in [7, 11) is -0.387. The highest BCUT2D eigenvalue weighted by molar-refractivity contribution is 7.52. The van der Waals surface area contributed by atoms with Crippen LogP contribution in [0, 0.1) is 0 Å². The normalized spacial score (nSPS) is 13.2. The van der Waals surface area contributed by atoms with Gasteiger partial charge in [-0.15, -0.1) is 0 Å². The van der Waals surface area contributed by atoms with Gasteiger partial charge in [-0.05, 0) is 58.9 Å². The van der Waals surface area contributed by atoms with Crippen molar-refractivity contribution in [1.82, 2.24) is 4.33 Å². The highest BCUT2D eigenvalue weighted by Crippen LogP contribution is 2.66. The molecule has 3 aromatic rings. The summed E-state index contributed by atoms with van der Waals surface area (Å²) >= 11 is 0. The summed E-state index contributed by atoms with van der Waals surface area (Å²) in [6.07, 6.45) is 3.70. The second-order valence-electron chi connectivity index (χ2n) is 8.51. The van der Waals surface area contributed by atoms with E-state index in [1.54, 1.807) is 5.30 Å². The zero-order valence-corrected chi connectivity index (χ0v) is 18.7. The van der Waals surface area contributed by atoms with Crippen molar-refractivity contribution in [2.24, 2.45) is 0 Å². The molecule has 0 spiro atoms. The zero-order valence-electron chi connectivity index (χ0n) is 17.8. The van der Waals surface area contributed by atoms with Gasteiger partial charge < -0.3 is 4.33 Å². The SMILES string of the molecule is CCC(CC)(CC)p1c(-c2ccccc2)c(-c2ccccc2)n1C(C)(C)C. The third kappa shape index (κ3) is 3.43. The minimum Gasteiger partial charge on any atom is -0.324 e. The Bertz CT molecular complexity index is 850. The Kier molecular flexibility index (Phi) is 5.73. The van der Waals surface area contributed by atoms with Crippen molar-refractivity contribution < 1.29 is 0 Å². The number of nitrogens with zero attached hydrogens (tertiary/aromatic N) is 1. The molecule has 1 nitrogen and oxygen atoms in total. The fourth-order valence-electron chi connectivity index (χ4n) is 4.35. The molecule has 1 aromatic heterocycles. The minimum absolute atomic E-state index is 0.111. The molecule has 0 aliphatic rings. The van der Waals surface area contributed by atoms with Crippen molar-refractivity contribution in [2.45, 2.75) is 71.5 Å². The molecule has 0 aliphatic heterocycles. The third-order valence-electron chi connectivity index (χ3n) is 6.00. The maximum absolute atomic E-state index is 2.77. The van der Waals surface area contributed by atoms with E-state index in [4.69, 9.17) is 0 Å². The molecule has 144 valence electrons. The number of aromatic nitrogens is 1. The van der Waals surface area contributed by atoms with Gasteiger partial charge >= 0.3 is 0 Å². The molecule has 27 heavy (non-hydrogen) atoms. The van der Waals surface area contributed by atoms with Crippen molar-refractivity contribution in [2.75, 3.05) is 0 Å². The third-order valence-corrected chi connectivity index (χ3v) is 9.94. The lowest BCUT2D eigenvalue weighted by Gasteiger charge is -2.47. The van der Waals surface area contributed by atoms with Gasteiger partial charge in [-0.2, -0.15) is 0 Å². The largest absolute Gasteiger partial charge is 0.324 e. The van der Waals surface area contributed by atoms with Gasteiger partial charge in [0.05, 0.1) is 5.69 Å². The molecule has 0 saturated heterocycles. The van der Waals surface area contributed by atoms with Crippen LogP contribution in [0.4, 0.5) is 0 Å². The van der Waals surface area contributed by atoms with Crippen LogP contribution in [0.3, 0.4) is 0 Å². The van der Waals surface area contributed by atoms with Crippen molar-refractivity contribution in [3.63, 3.8) is 0 Å². The van der Waals surface area contributed by atoms with Crippen molar-refractivity contribution in [3.05, 3.63) is 60.7 Å². The molecule has 0 aliphatic carbocycles. The zero-order chi connectivity index (χ0) is 19.7. The highest BCUT2D eigenvalue weighted by Gasteiger charge is 2.40. The Hall–Kier alpha value is -1.72. The quantitative estimate of drug-likeness (QED) is 0.404. The van der Waals surface area contributed by atoms with E-state index in [1.165, 1.54) is 36.1 Å². The molecule has 0 saturated carbocycles. The molecule has 3 rings (SSSR count). The van der Waals surface area contributed by atoms with E-state index in [2.05, 4.69) is 107 Å². The summed E-state index contributed by atoms with van der Waals surface area (Å²) in [5.74, 6) is 0. The first-order valence-electron chi connectivity index (χ1n) is 10.3. The first-order chi connectivity index (χ1) is 12.9.